The topological polar surface area (TPSA) is 76.4 Å². The highest BCUT2D eigenvalue weighted by Crippen LogP contribution is 2.15. The number of rotatable bonds is 4. The molecule has 0 spiro atoms. The van der Waals surface area contributed by atoms with Gasteiger partial charge in [-0.15, -0.1) is 0 Å². The van der Waals surface area contributed by atoms with E-state index in [4.69, 9.17) is 10.00 Å². The van der Waals surface area contributed by atoms with Gasteiger partial charge >= 0.3 is 11.9 Å². The standard InChI is InChI=1S/C9H13NO4/c1-4-13-8(12)5-9(3,6-10)14-7(2)11/h4-5H2,1-3H3. The highest BCUT2D eigenvalue weighted by molar-refractivity contribution is 5.73. The van der Waals surface area contributed by atoms with Crippen molar-refractivity contribution in [3.63, 3.8) is 0 Å². The quantitative estimate of drug-likeness (QED) is 0.625. The number of ether oxygens (including phenoxy) is 2. The van der Waals surface area contributed by atoms with Gasteiger partial charge in [-0.05, 0) is 13.8 Å². The van der Waals surface area contributed by atoms with Gasteiger partial charge < -0.3 is 9.47 Å². The molecule has 0 amide bonds. The molecule has 0 aliphatic heterocycles. The molecule has 0 radical (unpaired) electrons. The second-order valence-electron chi connectivity index (χ2n) is 2.92. The molecule has 0 heterocycles. The zero-order valence-electron chi connectivity index (χ0n) is 8.49. The predicted octanol–water partition coefficient (Wildman–Crippen LogP) is 0.785. The highest BCUT2D eigenvalue weighted by Gasteiger charge is 2.31. The van der Waals surface area contributed by atoms with Gasteiger partial charge in [-0.1, -0.05) is 0 Å². The Labute approximate surface area is 82.6 Å². The van der Waals surface area contributed by atoms with Crippen molar-refractivity contribution in [1.82, 2.24) is 0 Å². The molecule has 0 aromatic heterocycles. The van der Waals surface area contributed by atoms with Crippen molar-refractivity contribution in [2.24, 2.45) is 0 Å². The third-order valence-electron chi connectivity index (χ3n) is 1.39. The highest BCUT2D eigenvalue weighted by atomic mass is 16.6. The maximum atomic E-state index is 11.0. The van der Waals surface area contributed by atoms with Crippen LogP contribution in [0.15, 0.2) is 0 Å². The Hall–Kier alpha value is -1.57. The summed E-state index contributed by atoms with van der Waals surface area (Å²) in [4.78, 5) is 21.7. The van der Waals surface area contributed by atoms with E-state index in [2.05, 4.69) is 4.74 Å². The number of nitrogens with zero attached hydrogens (tertiary/aromatic N) is 1. The minimum Gasteiger partial charge on any atom is -0.466 e. The number of esters is 2. The minimum atomic E-state index is -1.43. The first-order chi connectivity index (χ1) is 6.43. The number of nitriles is 1. The first kappa shape index (κ1) is 12.4. The van der Waals surface area contributed by atoms with Crippen LogP contribution >= 0.6 is 0 Å². The number of hydrogen-bond acceptors (Lipinski definition) is 5. The van der Waals surface area contributed by atoms with Crippen LogP contribution in [-0.4, -0.2) is 24.1 Å². The normalized spacial score (nSPS) is 13.6. The molecule has 78 valence electrons. The Morgan fingerprint density at radius 3 is 2.43 bits per heavy atom. The maximum Gasteiger partial charge on any atom is 0.310 e. The van der Waals surface area contributed by atoms with Crippen LogP contribution in [0.3, 0.4) is 0 Å². The summed E-state index contributed by atoms with van der Waals surface area (Å²) in [7, 11) is 0. The Balaban J connectivity index is 4.34. The molecule has 0 aliphatic carbocycles. The predicted molar refractivity (Wildman–Crippen MR) is 47.0 cm³/mol. The Bertz CT molecular complexity index is 268. The van der Waals surface area contributed by atoms with Gasteiger partial charge in [0.2, 0.25) is 5.60 Å². The van der Waals surface area contributed by atoms with E-state index in [1.807, 2.05) is 0 Å². The van der Waals surface area contributed by atoms with E-state index < -0.39 is 17.5 Å². The van der Waals surface area contributed by atoms with Crippen LogP contribution in [0, 0.1) is 11.3 Å². The molecule has 0 saturated carbocycles. The molecule has 0 rings (SSSR count). The van der Waals surface area contributed by atoms with Crippen molar-refractivity contribution in [2.75, 3.05) is 6.61 Å². The van der Waals surface area contributed by atoms with Crippen molar-refractivity contribution in [3.05, 3.63) is 0 Å². The molecular weight excluding hydrogens is 186 g/mol. The molecule has 5 heteroatoms. The SMILES string of the molecule is CCOC(=O)CC(C)(C#N)OC(C)=O. The second-order valence-corrected chi connectivity index (χ2v) is 2.92. The summed E-state index contributed by atoms with van der Waals surface area (Å²) in [6.07, 6.45) is -0.253. The van der Waals surface area contributed by atoms with Crippen molar-refractivity contribution >= 4 is 11.9 Å². The second kappa shape index (κ2) is 5.22. The molecule has 0 saturated heterocycles. The number of carbonyl (C=O) groups is 2. The van der Waals surface area contributed by atoms with E-state index in [-0.39, 0.29) is 13.0 Å². The first-order valence-corrected chi connectivity index (χ1v) is 4.20. The average Bonchev–Trinajstić information content (AvgIpc) is 2.02. The summed E-state index contributed by atoms with van der Waals surface area (Å²) >= 11 is 0. The van der Waals surface area contributed by atoms with Gasteiger partial charge in [0, 0.05) is 6.92 Å². The average molecular weight is 199 g/mol. The maximum absolute atomic E-state index is 11.0. The summed E-state index contributed by atoms with van der Waals surface area (Å²) in [5.74, 6) is -1.16. The third kappa shape index (κ3) is 4.45. The van der Waals surface area contributed by atoms with Gasteiger partial charge in [0.05, 0.1) is 13.0 Å². The van der Waals surface area contributed by atoms with Gasteiger partial charge in [-0.25, -0.2) is 0 Å². The van der Waals surface area contributed by atoms with Crippen LogP contribution in [0.2, 0.25) is 0 Å². The molecule has 1 atom stereocenters. The van der Waals surface area contributed by atoms with Crippen LogP contribution in [0.4, 0.5) is 0 Å². The molecule has 0 fully saturated rings. The lowest BCUT2D eigenvalue weighted by molar-refractivity contribution is -0.157. The van der Waals surface area contributed by atoms with Crippen LogP contribution in [0.5, 0.6) is 0 Å². The number of carbonyl (C=O) groups excluding carboxylic acids is 2. The Morgan fingerprint density at radius 2 is 2.07 bits per heavy atom. The van der Waals surface area contributed by atoms with Gasteiger partial charge in [-0.2, -0.15) is 5.26 Å². The molecule has 0 aromatic rings. The molecule has 0 aliphatic rings. The molecule has 0 bridgehead atoms. The smallest absolute Gasteiger partial charge is 0.310 e. The van der Waals surface area contributed by atoms with Gasteiger partial charge in [-0.3, -0.25) is 9.59 Å². The van der Waals surface area contributed by atoms with E-state index in [1.165, 1.54) is 13.8 Å². The van der Waals surface area contributed by atoms with Crippen LogP contribution in [0.25, 0.3) is 0 Å². The Morgan fingerprint density at radius 1 is 1.50 bits per heavy atom. The van der Waals surface area contributed by atoms with Crippen molar-refractivity contribution < 1.29 is 19.1 Å². The summed E-state index contributed by atoms with van der Waals surface area (Å²) in [6, 6.07) is 1.76. The van der Waals surface area contributed by atoms with Crippen LogP contribution < -0.4 is 0 Å². The first-order valence-electron chi connectivity index (χ1n) is 4.20. The van der Waals surface area contributed by atoms with Crippen molar-refractivity contribution in [3.8, 4) is 6.07 Å². The monoisotopic (exact) mass is 199 g/mol. The third-order valence-corrected chi connectivity index (χ3v) is 1.39. The molecular formula is C9H13NO4. The van der Waals surface area contributed by atoms with Crippen molar-refractivity contribution in [1.29, 1.82) is 5.26 Å². The van der Waals surface area contributed by atoms with Gasteiger partial charge in [0.25, 0.3) is 0 Å². The zero-order chi connectivity index (χ0) is 11.2. The molecule has 5 nitrogen and oxygen atoms in total. The lowest BCUT2D eigenvalue weighted by atomic mass is 10.0. The minimum absolute atomic E-state index is 0.237. The fourth-order valence-corrected chi connectivity index (χ4v) is 0.903. The molecule has 0 N–H and O–H groups in total. The fourth-order valence-electron chi connectivity index (χ4n) is 0.903. The van der Waals surface area contributed by atoms with Gasteiger partial charge in [0.15, 0.2) is 0 Å². The lowest BCUT2D eigenvalue weighted by Gasteiger charge is -2.19. The molecule has 14 heavy (non-hydrogen) atoms. The van der Waals surface area contributed by atoms with E-state index in [0.717, 1.165) is 0 Å². The largest absolute Gasteiger partial charge is 0.466 e. The van der Waals surface area contributed by atoms with Crippen LogP contribution in [-0.2, 0) is 19.1 Å². The molecule has 1 unspecified atom stereocenters. The Kier molecular flexibility index (Phi) is 4.64. The lowest BCUT2D eigenvalue weighted by Crippen LogP contribution is -2.32. The van der Waals surface area contributed by atoms with Crippen molar-refractivity contribution in [2.45, 2.75) is 32.8 Å². The van der Waals surface area contributed by atoms with E-state index in [1.54, 1.807) is 13.0 Å². The van der Waals surface area contributed by atoms with Gasteiger partial charge in [0.1, 0.15) is 6.07 Å². The summed E-state index contributed by atoms with van der Waals surface area (Å²) < 4.78 is 9.34. The molecule has 0 aromatic carbocycles. The van der Waals surface area contributed by atoms with E-state index >= 15 is 0 Å². The zero-order valence-corrected chi connectivity index (χ0v) is 8.49. The summed E-state index contributed by atoms with van der Waals surface area (Å²) in [5, 5.41) is 8.72. The van der Waals surface area contributed by atoms with E-state index in [0.29, 0.717) is 0 Å². The van der Waals surface area contributed by atoms with E-state index in [9.17, 15) is 9.59 Å². The number of hydrogen-bond donors (Lipinski definition) is 0. The fraction of sp³-hybridized carbons (Fsp3) is 0.667. The summed E-state index contributed by atoms with van der Waals surface area (Å²) in [6.45, 7) is 4.44. The van der Waals surface area contributed by atoms with Crippen LogP contribution in [0.1, 0.15) is 27.2 Å². The summed E-state index contributed by atoms with van der Waals surface area (Å²) in [5.41, 5.74) is -1.43.